The number of nitrogen functional groups attached to an aromatic ring is 1. The minimum absolute atomic E-state index is 0.0547. The summed E-state index contributed by atoms with van der Waals surface area (Å²) in [7, 11) is 4.09. The molecule has 118 valence electrons. The number of amidine groups is 1. The summed E-state index contributed by atoms with van der Waals surface area (Å²) in [4.78, 5) is 4.32. The highest BCUT2D eigenvalue weighted by molar-refractivity contribution is 6.01. The fraction of sp³-hybridized carbons (Fsp3) is 0.667. The van der Waals surface area contributed by atoms with E-state index in [1.807, 2.05) is 27.9 Å². The van der Waals surface area contributed by atoms with E-state index < -0.39 is 0 Å². The molecule has 0 radical (unpaired) electrons. The van der Waals surface area contributed by atoms with Gasteiger partial charge in [0, 0.05) is 19.6 Å². The highest BCUT2D eigenvalue weighted by Crippen LogP contribution is 2.22. The van der Waals surface area contributed by atoms with E-state index >= 15 is 0 Å². The van der Waals surface area contributed by atoms with Crippen LogP contribution in [0.3, 0.4) is 0 Å². The molecule has 1 heterocycles. The molecule has 3 N–H and O–H groups in total. The predicted molar refractivity (Wildman–Crippen MR) is 88.1 cm³/mol. The molecule has 0 atom stereocenters. The first-order valence-corrected chi connectivity index (χ1v) is 7.32. The fourth-order valence-corrected chi connectivity index (χ4v) is 2.18. The fourth-order valence-electron chi connectivity index (χ4n) is 2.18. The maximum absolute atomic E-state index is 7.88. The standard InChI is InChI=1S/C15H28N6/c1-10(2)9-21(8-7-20(5)6)15-13(14(16)17)11(3)12(4)18-19-15/h10H,7-9H2,1-6H3,(H3,16,17). The number of aryl methyl sites for hydroxylation is 1. The summed E-state index contributed by atoms with van der Waals surface area (Å²) in [6, 6.07) is 0. The van der Waals surface area contributed by atoms with E-state index in [1.165, 1.54) is 0 Å². The molecule has 0 aliphatic rings. The van der Waals surface area contributed by atoms with Crippen LogP contribution in [0.25, 0.3) is 0 Å². The number of nitrogens with zero attached hydrogens (tertiary/aromatic N) is 4. The Morgan fingerprint density at radius 1 is 1.19 bits per heavy atom. The van der Waals surface area contributed by atoms with Crippen molar-refractivity contribution in [2.45, 2.75) is 27.7 Å². The van der Waals surface area contributed by atoms with E-state index in [0.29, 0.717) is 11.5 Å². The van der Waals surface area contributed by atoms with Crippen LogP contribution in [0, 0.1) is 25.2 Å². The number of anilines is 1. The van der Waals surface area contributed by atoms with Gasteiger partial charge in [-0.2, -0.15) is 5.10 Å². The summed E-state index contributed by atoms with van der Waals surface area (Å²) in [5, 5.41) is 16.4. The minimum Gasteiger partial charge on any atom is -0.384 e. The molecule has 0 aliphatic heterocycles. The average Bonchev–Trinajstić information content (AvgIpc) is 2.36. The summed E-state index contributed by atoms with van der Waals surface area (Å²) in [5.74, 6) is 1.27. The van der Waals surface area contributed by atoms with Crippen molar-refractivity contribution < 1.29 is 0 Å². The zero-order valence-corrected chi connectivity index (χ0v) is 14.1. The van der Waals surface area contributed by atoms with Crippen molar-refractivity contribution >= 4 is 11.7 Å². The normalized spacial score (nSPS) is 11.2. The number of likely N-dealkylation sites (N-methyl/N-ethyl adjacent to an activating group) is 1. The van der Waals surface area contributed by atoms with Crippen molar-refractivity contribution in [1.29, 1.82) is 5.41 Å². The minimum atomic E-state index is 0.0547. The SMILES string of the molecule is Cc1nnc(N(CCN(C)C)CC(C)C)c(C(=N)N)c1C. The van der Waals surface area contributed by atoms with Crippen LogP contribution in [-0.4, -0.2) is 54.7 Å². The smallest absolute Gasteiger partial charge is 0.162 e. The van der Waals surface area contributed by atoms with Gasteiger partial charge < -0.3 is 15.5 Å². The van der Waals surface area contributed by atoms with E-state index in [-0.39, 0.29) is 5.84 Å². The first-order chi connectivity index (χ1) is 9.73. The van der Waals surface area contributed by atoms with Gasteiger partial charge in [0.15, 0.2) is 5.82 Å². The Morgan fingerprint density at radius 2 is 1.81 bits per heavy atom. The van der Waals surface area contributed by atoms with E-state index in [9.17, 15) is 0 Å². The third kappa shape index (κ3) is 4.67. The first kappa shape index (κ1) is 17.4. The van der Waals surface area contributed by atoms with Crippen molar-refractivity contribution in [1.82, 2.24) is 15.1 Å². The molecule has 1 rings (SSSR count). The Hall–Kier alpha value is -1.69. The van der Waals surface area contributed by atoms with Crippen molar-refractivity contribution in [3.8, 4) is 0 Å². The molecule has 21 heavy (non-hydrogen) atoms. The monoisotopic (exact) mass is 292 g/mol. The van der Waals surface area contributed by atoms with Gasteiger partial charge in [-0.05, 0) is 39.4 Å². The maximum Gasteiger partial charge on any atom is 0.162 e. The van der Waals surface area contributed by atoms with Gasteiger partial charge in [-0.1, -0.05) is 13.8 Å². The highest BCUT2D eigenvalue weighted by Gasteiger charge is 2.20. The van der Waals surface area contributed by atoms with Gasteiger partial charge in [0.25, 0.3) is 0 Å². The topological polar surface area (TPSA) is 82.1 Å². The molecule has 1 aromatic heterocycles. The molecular formula is C15H28N6. The molecule has 0 spiro atoms. The molecule has 0 unspecified atom stereocenters. The molecular weight excluding hydrogens is 264 g/mol. The summed E-state index contributed by atoms with van der Waals surface area (Å²) in [6.45, 7) is 10.8. The van der Waals surface area contributed by atoms with Crippen LogP contribution in [-0.2, 0) is 0 Å². The summed E-state index contributed by atoms with van der Waals surface area (Å²) in [5.41, 5.74) is 8.25. The van der Waals surface area contributed by atoms with E-state index in [4.69, 9.17) is 11.1 Å². The second kappa shape index (κ2) is 7.36. The number of nitrogens with two attached hydrogens (primary N) is 1. The van der Waals surface area contributed by atoms with Gasteiger partial charge in [-0.15, -0.1) is 5.10 Å². The highest BCUT2D eigenvalue weighted by atomic mass is 15.3. The van der Waals surface area contributed by atoms with Crippen molar-refractivity contribution in [2.24, 2.45) is 11.7 Å². The maximum atomic E-state index is 7.88. The molecule has 1 aromatic rings. The van der Waals surface area contributed by atoms with Gasteiger partial charge >= 0.3 is 0 Å². The lowest BCUT2D eigenvalue weighted by Crippen LogP contribution is -2.37. The summed E-state index contributed by atoms with van der Waals surface area (Å²) < 4.78 is 0. The molecule has 0 saturated carbocycles. The zero-order valence-electron chi connectivity index (χ0n) is 14.1. The van der Waals surface area contributed by atoms with Crippen molar-refractivity contribution in [3.05, 3.63) is 16.8 Å². The van der Waals surface area contributed by atoms with Crippen LogP contribution in [0.4, 0.5) is 5.82 Å². The van der Waals surface area contributed by atoms with Gasteiger partial charge in [0.1, 0.15) is 5.84 Å². The van der Waals surface area contributed by atoms with Crippen LogP contribution >= 0.6 is 0 Å². The Balaban J connectivity index is 3.22. The third-order valence-corrected chi connectivity index (χ3v) is 3.41. The number of hydrogen-bond acceptors (Lipinski definition) is 5. The van der Waals surface area contributed by atoms with Crippen LogP contribution in [0.2, 0.25) is 0 Å². The van der Waals surface area contributed by atoms with Crippen molar-refractivity contribution in [2.75, 3.05) is 38.6 Å². The number of rotatable bonds is 7. The zero-order chi connectivity index (χ0) is 16.2. The second-order valence-corrected chi connectivity index (χ2v) is 6.17. The van der Waals surface area contributed by atoms with Gasteiger partial charge in [-0.25, -0.2) is 0 Å². The molecule has 0 saturated heterocycles. The Labute approximate surface area is 127 Å². The van der Waals surface area contributed by atoms with Gasteiger partial charge in [0.2, 0.25) is 0 Å². The van der Waals surface area contributed by atoms with Crippen LogP contribution in [0.15, 0.2) is 0 Å². The largest absolute Gasteiger partial charge is 0.384 e. The Kier molecular flexibility index (Phi) is 6.08. The Bertz CT molecular complexity index is 495. The van der Waals surface area contributed by atoms with E-state index in [1.54, 1.807) is 0 Å². The molecule has 0 aliphatic carbocycles. The van der Waals surface area contributed by atoms with E-state index in [2.05, 4.69) is 33.8 Å². The van der Waals surface area contributed by atoms with E-state index in [0.717, 1.165) is 36.7 Å². The van der Waals surface area contributed by atoms with Crippen LogP contribution in [0.5, 0.6) is 0 Å². The summed E-state index contributed by atoms with van der Waals surface area (Å²) >= 11 is 0. The number of aromatic nitrogens is 2. The molecule has 0 bridgehead atoms. The van der Waals surface area contributed by atoms with Gasteiger partial charge in [-0.3, -0.25) is 5.41 Å². The predicted octanol–water partition coefficient (Wildman–Crippen LogP) is 1.40. The quantitative estimate of drug-likeness (QED) is 0.586. The summed E-state index contributed by atoms with van der Waals surface area (Å²) in [6.07, 6.45) is 0. The molecule has 0 fully saturated rings. The number of hydrogen-bond donors (Lipinski definition) is 2. The number of nitrogens with one attached hydrogen (secondary N) is 1. The first-order valence-electron chi connectivity index (χ1n) is 7.32. The van der Waals surface area contributed by atoms with Crippen molar-refractivity contribution in [3.63, 3.8) is 0 Å². The van der Waals surface area contributed by atoms with Gasteiger partial charge in [0.05, 0.1) is 11.3 Å². The third-order valence-electron chi connectivity index (χ3n) is 3.41. The molecule has 6 heteroatoms. The lowest BCUT2D eigenvalue weighted by Gasteiger charge is -2.29. The molecule has 0 aromatic carbocycles. The average molecular weight is 292 g/mol. The lowest BCUT2D eigenvalue weighted by molar-refractivity contribution is 0.408. The molecule has 0 amide bonds. The van der Waals surface area contributed by atoms with Crippen LogP contribution < -0.4 is 10.6 Å². The molecule has 6 nitrogen and oxygen atoms in total. The van der Waals surface area contributed by atoms with Crippen LogP contribution in [0.1, 0.15) is 30.7 Å². The second-order valence-electron chi connectivity index (χ2n) is 6.17. The Morgan fingerprint density at radius 3 is 2.29 bits per heavy atom. The lowest BCUT2D eigenvalue weighted by atomic mass is 10.1.